The first-order valence-corrected chi connectivity index (χ1v) is 8.89. The van der Waals surface area contributed by atoms with E-state index in [-0.39, 0.29) is 11.3 Å². The standard InChI is InChI=1S/C15H24N2O3S/c1-15(6-8-20-9-7-15)17-21(18,19)12-14-5-3-4-13(10-14)11-16-2/h3-5,10,16-17H,6-9,11-12H2,1-2H3. The van der Waals surface area contributed by atoms with E-state index < -0.39 is 10.0 Å². The van der Waals surface area contributed by atoms with Crippen LogP contribution >= 0.6 is 0 Å². The molecule has 0 bridgehead atoms. The van der Waals surface area contributed by atoms with Crippen molar-refractivity contribution >= 4 is 10.0 Å². The third-order valence-electron chi connectivity index (χ3n) is 3.73. The van der Waals surface area contributed by atoms with Gasteiger partial charge in [0.15, 0.2) is 0 Å². The second kappa shape index (κ2) is 6.87. The number of ether oxygens (including phenoxy) is 1. The van der Waals surface area contributed by atoms with Crippen LogP contribution < -0.4 is 10.0 Å². The highest BCUT2D eigenvalue weighted by Gasteiger charge is 2.31. The quantitative estimate of drug-likeness (QED) is 0.833. The molecule has 0 saturated carbocycles. The molecule has 1 aliphatic heterocycles. The second-order valence-electron chi connectivity index (χ2n) is 5.88. The molecule has 0 spiro atoms. The van der Waals surface area contributed by atoms with Crippen molar-refractivity contribution in [2.45, 2.75) is 37.6 Å². The summed E-state index contributed by atoms with van der Waals surface area (Å²) in [6.07, 6.45) is 1.43. The Kier molecular flexibility index (Phi) is 5.37. The Hall–Kier alpha value is -0.950. The van der Waals surface area contributed by atoms with Gasteiger partial charge in [0.05, 0.1) is 5.75 Å². The van der Waals surface area contributed by atoms with Crippen LogP contribution in [0.3, 0.4) is 0 Å². The van der Waals surface area contributed by atoms with Crippen LogP contribution in [0.1, 0.15) is 30.9 Å². The van der Waals surface area contributed by atoms with Crippen LogP contribution in [0, 0.1) is 0 Å². The average molecular weight is 312 g/mol. The maximum atomic E-state index is 12.4. The highest BCUT2D eigenvalue weighted by atomic mass is 32.2. The lowest BCUT2D eigenvalue weighted by molar-refractivity contribution is 0.0537. The van der Waals surface area contributed by atoms with E-state index in [0.717, 1.165) is 17.7 Å². The molecule has 6 heteroatoms. The normalized spacial score (nSPS) is 18.6. The third kappa shape index (κ3) is 5.07. The molecule has 0 aromatic heterocycles. The lowest BCUT2D eigenvalue weighted by Gasteiger charge is -2.34. The fourth-order valence-corrected chi connectivity index (χ4v) is 4.23. The minimum absolute atomic E-state index is 0.0149. The molecule has 1 fully saturated rings. The van der Waals surface area contributed by atoms with Gasteiger partial charge in [-0.25, -0.2) is 13.1 Å². The molecule has 118 valence electrons. The Balaban J connectivity index is 2.04. The number of hydrogen-bond acceptors (Lipinski definition) is 4. The van der Waals surface area contributed by atoms with Gasteiger partial charge in [-0.15, -0.1) is 0 Å². The molecule has 1 aromatic carbocycles. The minimum atomic E-state index is -3.35. The summed E-state index contributed by atoms with van der Waals surface area (Å²) in [6, 6.07) is 7.67. The minimum Gasteiger partial charge on any atom is -0.381 e. The first kappa shape index (κ1) is 16.4. The number of rotatable bonds is 6. The van der Waals surface area contributed by atoms with Crippen molar-refractivity contribution in [3.63, 3.8) is 0 Å². The van der Waals surface area contributed by atoms with E-state index in [1.807, 2.05) is 38.2 Å². The molecule has 0 atom stereocenters. The lowest BCUT2D eigenvalue weighted by atomic mass is 9.94. The number of hydrogen-bond donors (Lipinski definition) is 2. The number of benzene rings is 1. The molecule has 1 aromatic rings. The molecule has 1 saturated heterocycles. The number of sulfonamides is 1. The van der Waals surface area contributed by atoms with Crippen LogP contribution in [0.5, 0.6) is 0 Å². The van der Waals surface area contributed by atoms with E-state index in [2.05, 4.69) is 10.0 Å². The monoisotopic (exact) mass is 312 g/mol. The molecular formula is C15H24N2O3S. The Morgan fingerprint density at radius 3 is 2.57 bits per heavy atom. The van der Waals surface area contributed by atoms with Gasteiger partial charge in [0.2, 0.25) is 10.0 Å². The topological polar surface area (TPSA) is 67.4 Å². The first-order valence-electron chi connectivity index (χ1n) is 7.24. The van der Waals surface area contributed by atoms with Gasteiger partial charge in [0.25, 0.3) is 0 Å². The Labute approximate surface area is 127 Å². The van der Waals surface area contributed by atoms with Crippen molar-refractivity contribution in [3.8, 4) is 0 Å². The molecule has 1 heterocycles. The SMILES string of the molecule is CNCc1cccc(CS(=O)(=O)NC2(C)CCOCC2)c1. The summed E-state index contributed by atoms with van der Waals surface area (Å²) in [5.74, 6) is 0.0149. The van der Waals surface area contributed by atoms with E-state index in [0.29, 0.717) is 26.1 Å². The molecule has 0 aliphatic carbocycles. The molecule has 0 radical (unpaired) electrons. The van der Waals surface area contributed by atoms with Gasteiger partial charge in [-0.05, 0) is 37.9 Å². The third-order valence-corrected chi connectivity index (χ3v) is 5.24. The highest BCUT2D eigenvalue weighted by Crippen LogP contribution is 2.21. The lowest BCUT2D eigenvalue weighted by Crippen LogP contribution is -2.49. The van der Waals surface area contributed by atoms with Crippen LogP contribution in [0.15, 0.2) is 24.3 Å². The van der Waals surface area contributed by atoms with Crippen LogP contribution in [-0.2, 0) is 27.1 Å². The van der Waals surface area contributed by atoms with Gasteiger partial charge in [-0.3, -0.25) is 0 Å². The first-order chi connectivity index (χ1) is 9.92. The summed E-state index contributed by atoms with van der Waals surface area (Å²) in [5, 5.41) is 3.07. The smallest absolute Gasteiger partial charge is 0.216 e. The summed E-state index contributed by atoms with van der Waals surface area (Å²) in [6.45, 7) is 3.90. The van der Waals surface area contributed by atoms with Crippen molar-refractivity contribution in [1.29, 1.82) is 0 Å². The van der Waals surface area contributed by atoms with E-state index >= 15 is 0 Å². The Morgan fingerprint density at radius 2 is 1.90 bits per heavy atom. The molecule has 1 aliphatic rings. The van der Waals surface area contributed by atoms with E-state index in [9.17, 15) is 8.42 Å². The maximum absolute atomic E-state index is 12.4. The molecule has 2 N–H and O–H groups in total. The molecule has 0 unspecified atom stereocenters. The summed E-state index contributed by atoms with van der Waals surface area (Å²) in [7, 11) is -1.48. The van der Waals surface area contributed by atoms with Crippen LogP contribution in [0.2, 0.25) is 0 Å². The zero-order valence-corrected chi connectivity index (χ0v) is 13.5. The van der Waals surface area contributed by atoms with Gasteiger partial charge in [0.1, 0.15) is 0 Å². The van der Waals surface area contributed by atoms with Crippen molar-refractivity contribution in [3.05, 3.63) is 35.4 Å². The summed E-state index contributed by atoms with van der Waals surface area (Å²) >= 11 is 0. The van der Waals surface area contributed by atoms with Gasteiger partial charge in [0, 0.05) is 25.3 Å². The molecule has 5 nitrogen and oxygen atoms in total. The van der Waals surface area contributed by atoms with Crippen LogP contribution in [-0.4, -0.2) is 34.2 Å². The predicted octanol–water partition coefficient (Wildman–Crippen LogP) is 1.39. The number of nitrogens with one attached hydrogen (secondary N) is 2. The van der Waals surface area contributed by atoms with Gasteiger partial charge >= 0.3 is 0 Å². The zero-order chi connectivity index (χ0) is 15.3. The van der Waals surface area contributed by atoms with E-state index in [4.69, 9.17) is 4.74 Å². The zero-order valence-electron chi connectivity index (χ0n) is 12.7. The van der Waals surface area contributed by atoms with Gasteiger partial charge in [-0.1, -0.05) is 24.3 Å². The summed E-state index contributed by atoms with van der Waals surface area (Å²) < 4.78 is 32.9. The predicted molar refractivity (Wildman–Crippen MR) is 83.4 cm³/mol. The van der Waals surface area contributed by atoms with Crippen LogP contribution in [0.4, 0.5) is 0 Å². The van der Waals surface area contributed by atoms with E-state index in [1.54, 1.807) is 0 Å². The summed E-state index contributed by atoms with van der Waals surface area (Å²) in [4.78, 5) is 0. The second-order valence-corrected chi connectivity index (χ2v) is 7.61. The summed E-state index contributed by atoms with van der Waals surface area (Å²) in [5.41, 5.74) is 1.51. The van der Waals surface area contributed by atoms with Crippen molar-refractivity contribution < 1.29 is 13.2 Å². The molecule has 2 rings (SSSR count). The van der Waals surface area contributed by atoms with E-state index in [1.165, 1.54) is 0 Å². The van der Waals surface area contributed by atoms with Crippen molar-refractivity contribution in [1.82, 2.24) is 10.0 Å². The highest BCUT2D eigenvalue weighted by molar-refractivity contribution is 7.88. The van der Waals surface area contributed by atoms with Crippen molar-refractivity contribution in [2.75, 3.05) is 20.3 Å². The van der Waals surface area contributed by atoms with Crippen molar-refractivity contribution in [2.24, 2.45) is 0 Å². The fourth-order valence-electron chi connectivity index (χ4n) is 2.59. The Bertz CT molecular complexity index is 566. The van der Waals surface area contributed by atoms with Crippen LogP contribution in [0.25, 0.3) is 0 Å². The van der Waals surface area contributed by atoms with Gasteiger partial charge < -0.3 is 10.1 Å². The maximum Gasteiger partial charge on any atom is 0.216 e. The molecule has 21 heavy (non-hydrogen) atoms. The fraction of sp³-hybridized carbons (Fsp3) is 0.600. The largest absolute Gasteiger partial charge is 0.381 e. The molecule has 0 amide bonds. The molecular weight excluding hydrogens is 288 g/mol. The Morgan fingerprint density at radius 1 is 1.24 bits per heavy atom. The average Bonchev–Trinajstić information content (AvgIpc) is 2.38. The van der Waals surface area contributed by atoms with Gasteiger partial charge in [-0.2, -0.15) is 0 Å².